The largest absolute Gasteiger partial charge is 0.486 e. The highest BCUT2D eigenvalue weighted by atomic mass is 35.5. The van der Waals surface area contributed by atoms with Gasteiger partial charge in [0.15, 0.2) is 18.1 Å². The quantitative estimate of drug-likeness (QED) is 0.914. The number of halogens is 1. The van der Waals surface area contributed by atoms with E-state index in [2.05, 4.69) is 5.32 Å². The summed E-state index contributed by atoms with van der Waals surface area (Å²) in [4.78, 5) is 11.8. The predicted molar refractivity (Wildman–Crippen MR) is 86.3 cm³/mol. The van der Waals surface area contributed by atoms with Crippen molar-refractivity contribution in [1.82, 2.24) is 5.32 Å². The Morgan fingerprint density at radius 3 is 2.87 bits per heavy atom. The van der Waals surface area contributed by atoms with Gasteiger partial charge in [-0.25, -0.2) is 0 Å². The highest BCUT2D eigenvalue weighted by molar-refractivity contribution is 6.30. The summed E-state index contributed by atoms with van der Waals surface area (Å²) in [6.07, 6.45) is -0.222. The molecule has 1 amide bonds. The molecule has 0 aromatic heterocycles. The van der Waals surface area contributed by atoms with Crippen LogP contribution in [0.3, 0.4) is 0 Å². The van der Waals surface area contributed by atoms with Crippen molar-refractivity contribution in [2.24, 2.45) is 0 Å². The molecule has 1 unspecified atom stereocenters. The van der Waals surface area contributed by atoms with Crippen LogP contribution in [0.4, 0.5) is 0 Å². The first-order valence-electron chi connectivity index (χ1n) is 7.24. The number of fused-ring (bicyclic) bond motifs is 1. The van der Waals surface area contributed by atoms with E-state index in [-0.39, 0.29) is 18.6 Å². The number of para-hydroxylation sites is 2. The fraction of sp³-hybridized carbons (Fsp3) is 0.235. The van der Waals surface area contributed by atoms with Crippen molar-refractivity contribution in [2.75, 3.05) is 19.8 Å². The number of ether oxygens (including phenoxy) is 3. The van der Waals surface area contributed by atoms with Crippen molar-refractivity contribution in [3.05, 3.63) is 53.6 Å². The Balaban J connectivity index is 1.43. The standard InChI is InChI=1S/C17H16ClNO4/c18-12-4-3-5-13(8-12)21-11-17(20)19-9-14-10-22-15-6-1-2-7-16(15)23-14/h1-8,14H,9-11H2,(H,19,20). The maximum atomic E-state index is 11.8. The van der Waals surface area contributed by atoms with Gasteiger partial charge in [0.2, 0.25) is 0 Å². The summed E-state index contributed by atoms with van der Waals surface area (Å²) < 4.78 is 16.7. The summed E-state index contributed by atoms with van der Waals surface area (Å²) in [6, 6.07) is 14.4. The van der Waals surface area contributed by atoms with Crippen LogP contribution in [0.2, 0.25) is 5.02 Å². The van der Waals surface area contributed by atoms with Gasteiger partial charge in [-0.1, -0.05) is 29.8 Å². The first kappa shape index (κ1) is 15.5. The topological polar surface area (TPSA) is 56.8 Å². The zero-order valence-electron chi connectivity index (χ0n) is 12.3. The highest BCUT2D eigenvalue weighted by Crippen LogP contribution is 2.30. The normalized spacial score (nSPS) is 15.8. The lowest BCUT2D eigenvalue weighted by Crippen LogP contribution is -2.42. The molecule has 5 nitrogen and oxygen atoms in total. The minimum atomic E-state index is -0.229. The van der Waals surface area contributed by atoms with Gasteiger partial charge in [0.05, 0.1) is 6.54 Å². The van der Waals surface area contributed by atoms with E-state index >= 15 is 0 Å². The Bertz CT molecular complexity index is 692. The Morgan fingerprint density at radius 1 is 1.22 bits per heavy atom. The third-order valence-electron chi connectivity index (χ3n) is 3.26. The van der Waals surface area contributed by atoms with Gasteiger partial charge in [0.25, 0.3) is 5.91 Å². The number of nitrogens with one attached hydrogen (secondary N) is 1. The number of benzene rings is 2. The lowest BCUT2D eigenvalue weighted by molar-refractivity contribution is -0.123. The maximum absolute atomic E-state index is 11.8. The van der Waals surface area contributed by atoms with Crippen molar-refractivity contribution < 1.29 is 19.0 Å². The molecule has 1 aliphatic rings. The Morgan fingerprint density at radius 2 is 2.04 bits per heavy atom. The van der Waals surface area contributed by atoms with Gasteiger partial charge in [-0.3, -0.25) is 4.79 Å². The van der Waals surface area contributed by atoms with Crippen LogP contribution < -0.4 is 19.5 Å². The zero-order chi connectivity index (χ0) is 16.1. The van der Waals surface area contributed by atoms with Gasteiger partial charge < -0.3 is 19.5 Å². The van der Waals surface area contributed by atoms with E-state index in [0.29, 0.717) is 29.7 Å². The molecule has 0 bridgehead atoms. The van der Waals surface area contributed by atoms with E-state index in [0.717, 1.165) is 5.75 Å². The third kappa shape index (κ3) is 4.29. The van der Waals surface area contributed by atoms with Crippen molar-refractivity contribution >= 4 is 17.5 Å². The summed E-state index contributed by atoms with van der Waals surface area (Å²) in [5.41, 5.74) is 0. The fourth-order valence-corrected chi connectivity index (χ4v) is 2.33. The van der Waals surface area contributed by atoms with Gasteiger partial charge in [0, 0.05) is 5.02 Å². The van der Waals surface area contributed by atoms with Gasteiger partial charge in [-0.05, 0) is 30.3 Å². The minimum absolute atomic E-state index is 0.0789. The van der Waals surface area contributed by atoms with Crippen molar-refractivity contribution in [2.45, 2.75) is 6.10 Å². The summed E-state index contributed by atoms with van der Waals surface area (Å²) in [5.74, 6) is 1.74. The molecule has 0 saturated heterocycles. The Kier molecular flexibility index (Phi) is 4.88. The van der Waals surface area contributed by atoms with Crippen molar-refractivity contribution in [1.29, 1.82) is 0 Å². The van der Waals surface area contributed by atoms with E-state index in [1.807, 2.05) is 24.3 Å². The SMILES string of the molecule is O=C(COc1cccc(Cl)c1)NCC1COc2ccccc2O1. The summed E-state index contributed by atoms with van der Waals surface area (Å²) in [6.45, 7) is 0.670. The number of rotatable bonds is 5. The van der Waals surface area contributed by atoms with Crippen LogP contribution in [-0.4, -0.2) is 31.8 Å². The molecule has 120 valence electrons. The van der Waals surface area contributed by atoms with Crippen LogP contribution in [0, 0.1) is 0 Å². The zero-order valence-corrected chi connectivity index (χ0v) is 13.1. The van der Waals surface area contributed by atoms with Crippen molar-refractivity contribution in [3.63, 3.8) is 0 Å². The molecule has 1 aliphatic heterocycles. The summed E-state index contributed by atoms with van der Waals surface area (Å²) in [5, 5.41) is 3.33. The molecular formula is C17H16ClNO4. The number of amides is 1. The minimum Gasteiger partial charge on any atom is -0.486 e. The maximum Gasteiger partial charge on any atom is 0.258 e. The van der Waals surface area contributed by atoms with Crippen LogP contribution in [0.5, 0.6) is 17.2 Å². The fourth-order valence-electron chi connectivity index (χ4n) is 2.15. The van der Waals surface area contributed by atoms with Crippen LogP contribution in [0.15, 0.2) is 48.5 Å². The van der Waals surface area contributed by atoms with E-state index in [4.69, 9.17) is 25.8 Å². The molecule has 0 fully saturated rings. The molecule has 23 heavy (non-hydrogen) atoms. The highest BCUT2D eigenvalue weighted by Gasteiger charge is 2.21. The number of carbonyl (C=O) groups is 1. The van der Waals surface area contributed by atoms with Crippen LogP contribution >= 0.6 is 11.6 Å². The molecular weight excluding hydrogens is 318 g/mol. The van der Waals surface area contributed by atoms with Crippen LogP contribution in [0.25, 0.3) is 0 Å². The van der Waals surface area contributed by atoms with E-state index in [9.17, 15) is 4.79 Å². The number of hydrogen-bond acceptors (Lipinski definition) is 4. The second-order valence-corrected chi connectivity index (χ2v) is 5.48. The van der Waals surface area contributed by atoms with E-state index in [1.54, 1.807) is 24.3 Å². The van der Waals surface area contributed by atoms with Crippen molar-refractivity contribution in [3.8, 4) is 17.2 Å². The first-order chi connectivity index (χ1) is 11.2. The van der Waals surface area contributed by atoms with Crippen LogP contribution in [-0.2, 0) is 4.79 Å². The van der Waals surface area contributed by atoms with Crippen LogP contribution in [0.1, 0.15) is 0 Å². The first-order valence-corrected chi connectivity index (χ1v) is 7.62. The molecule has 2 aromatic rings. The second-order valence-electron chi connectivity index (χ2n) is 5.05. The number of hydrogen-bond donors (Lipinski definition) is 1. The Hall–Kier alpha value is -2.40. The van der Waals surface area contributed by atoms with E-state index in [1.165, 1.54) is 0 Å². The smallest absolute Gasteiger partial charge is 0.258 e. The van der Waals surface area contributed by atoms with Gasteiger partial charge >= 0.3 is 0 Å². The molecule has 2 aromatic carbocycles. The summed E-state index contributed by atoms with van der Waals surface area (Å²) in [7, 11) is 0. The molecule has 1 heterocycles. The van der Waals surface area contributed by atoms with Gasteiger partial charge in [0.1, 0.15) is 18.5 Å². The molecule has 6 heteroatoms. The lowest BCUT2D eigenvalue weighted by Gasteiger charge is -2.26. The molecule has 0 radical (unpaired) electrons. The molecule has 1 N–H and O–H groups in total. The molecule has 0 saturated carbocycles. The number of carbonyl (C=O) groups excluding carboxylic acids is 1. The van der Waals surface area contributed by atoms with Gasteiger partial charge in [-0.15, -0.1) is 0 Å². The van der Waals surface area contributed by atoms with E-state index < -0.39 is 0 Å². The summed E-state index contributed by atoms with van der Waals surface area (Å²) >= 11 is 5.85. The predicted octanol–water partition coefficient (Wildman–Crippen LogP) is 2.68. The van der Waals surface area contributed by atoms with Gasteiger partial charge in [-0.2, -0.15) is 0 Å². The average molecular weight is 334 g/mol. The average Bonchev–Trinajstić information content (AvgIpc) is 2.58. The molecule has 0 spiro atoms. The molecule has 0 aliphatic carbocycles. The third-order valence-corrected chi connectivity index (χ3v) is 3.50. The Labute approximate surface area is 139 Å². The molecule has 3 rings (SSSR count). The second kappa shape index (κ2) is 7.24. The molecule has 1 atom stereocenters. The lowest BCUT2D eigenvalue weighted by atomic mass is 10.2. The monoisotopic (exact) mass is 333 g/mol.